The molecule has 1 aromatic rings. The van der Waals surface area contributed by atoms with Gasteiger partial charge in [-0.1, -0.05) is 0 Å². The number of hydrogen-bond acceptors (Lipinski definition) is 3. The van der Waals surface area contributed by atoms with E-state index >= 15 is 0 Å². The summed E-state index contributed by atoms with van der Waals surface area (Å²) in [5.74, 6) is 0. The first-order valence-corrected chi connectivity index (χ1v) is 4.76. The summed E-state index contributed by atoms with van der Waals surface area (Å²) in [5, 5.41) is 0. The SMILES string of the molecule is CC(N)(CN)Cc1ccc(C(F)(F)F)cn1. The van der Waals surface area contributed by atoms with E-state index in [4.69, 9.17) is 11.5 Å². The molecule has 6 heteroatoms. The number of nitrogens with two attached hydrogens (primary N) is 2. The first-order valence-electron chi connectivity index (χ1n) is 4.76. The van der Waals surface area contributed by atoms with Crippen molar-refractivity contribution >= 4 is 0 Å². The van der Waals surface area contributed by atoms with Crippen LogP contribution < -0.4 is 11.5 Å². The standard InChI is InChI=1S/C10H14F3N3/c1-9(15,6-14)4-8-3-2-7(5-16-8)10(11,12)13/h2-3,5H,4,6,14-15H2,1H3. The molecule has 0 bridgehead atoms. The van der Waals surface area contributed by atoms with Gasteiger partial charge in [0.1, 0.15) is 0 Å². The van der Waals surface area contributed by atoms with Crippen LogP contribution in [0, 0.1) is 0 Å². The Kier molecular flexibility index (Phi) is 3.54. The molecule has 0 saturated heterocycles. The molecule has 0 aliphatic carbocycles. The lowest BCUT2D eigenvalue weighted by molar-refractivity contribution is -0.137. The average Bonchev–Trinajstić information content (AvgIpc) is 2.16. The Morgan fingerprint density at radius 1 is 1.31 bits per heavy atom. The van der Waals surface area contributed by atoms with Crippen molar-refractivity contribution < 1.29 is 13.2 Å². The van der Waals surface area contributed by atoms with Gasteiger partial charge >= 0.3 is 6.18 Å². The van der Waals surface area contributed by atoms with Gasteiger partial charge in [0.05, 0.1) is 5.56 Å². The normalized spacial score (nSPS) is 15.9. The van der Waals surface area contributed by atoms with E-state index in [1.807, 2.05) is 0 Å². The predicted octanol–water partition coefficient (Wildman–Crippen LogP) is 1.32. The molecule has 1 unspecified atom stereocenters. The maximum atomic E-state index is 12.2. The van der Waals surface area contributed by atoms with Crippen LogP contribution in [0.5, 0.6) is 0 Å². The molecule has 0 aliphatic rings. The Morgan fingerprint density at radius 2 is 1.94 bits per heavy atom. The van der Waals surface area contributed by atoms with Crippen LogP contribution >= 0.6 is 0 Å². The highest BCUT2D eigenvalue weighted by atomic mass is 19.4. The summed E-state index contributed by atoms with van der Waals surface area (Å²) in [5.41, 5.74) is 10.3. The third-order valence-corrected chi connectivity index (χ3v) is 2.20. The van der Waals surface area contributed by atoms with Crippen LogP contribution in [0.2, 0.25) is 0 Å². The fourth-order valence-electron chi connectivity index (χ4n) is 1.18. The number of halogens is 3. The zero-order valence-electron chi connectivity index (χ0n) is 8.88. The molecule has 4 N–H and O–H groups in total. The number of alkyl halides is 3. The average molecular weight is 233 g/mol. The number of rotatable bonds is 3. The van der Waals surface area contributed by atoms with E-state index in [-0.39, 0.29) is 6.54 Å². The Morgan fingerprint density at radius 3 is 2.31 bits per heavy atom. The Labute approximate surface area is 91.7 Å². The highest BCUT2D eigenvalue weighted by Crippen LogP contribution is 2.28. The molecule has 90 valence electrons. The first kappa shape index (κ1) is 12.9. The Balaban J connectivity index is 2.80. The summed E-state index contributed by atoms with van der Waals surface area (Å²) in [4.78, 5) is 3.72. The quantitative estimate of drug-likeness (QED) is 0.827. The Hall–Kier alpha value is -1.14. The summed E-state index contributed by atoms with van der Waals surface area (Å²) >= 11 is 0. The van der Waals surface area contributed by atoms with Gasteiger partial charge in [-0.15, -0.1) is 0 Å². The van der Waals surface area contributed by atoms with E-state index in [9.17, 15) is 13.2 Å². The minimum atomic E-state index is -4.36. The smallest absolute Gasteiger partial charge is 0.329 e. The molecular formula is C10H14F3N3. The molecule has 0 spiro atoms. The van der Waals surface area contributed by atoms with Crippen LogP contribution in [0.15, 0.2) is 18.3 Å². The zero-order chi connectivity index (χ0) is 12.4. The largest absolute Gasteiger partial charge is 0.417 e. The lowest BCUT2D eigenvalue weighted by atomic mass is 9.97. The molecule has 1 rings (SSSR count). The second kappa shape index (κ2) is 4.39. The van der Waals surface area contributed by atoms with Crippen molar-refractivity contribution in [3.05, 3.63) is 29.6 Å². The van der Waals surface area contributed by atoms with Crippen LogP contribution in [0.3, 0.4) is 0 Å². The summed E-state index contributed by atoms with van der Waals surface area (Å²) in [6.45, 7) is 1.97. The van der Waals surface area contributed by atoms with Gasteiger partial charge in [0.15, 0.2) is 0 Å². The third-order valence-electron chi connectivity index (χ3n) is 2.20. The van der Waals surface area contributed by atoms with Gasteiger partial charge in [-0.25, -0.2) is 0 Å². The van der Waals surface area contributed by atoms with Crippen molar-refractivity contribution in [3.8, 4) is 0 Å². The third kappa shape index (κ3) is 3.46. The number of pyridine rings is 1. The molecule has 1 atom stereocenters. The van der Waals surface area contributed by atoms with Crippen molar-refractivity contribution in [2.75, 3.05) is 6.54 Å². The molecule has 0 aromatic carbocycles. The molecule has 0 radical (unpaired) electrons. The maximum Gasteiger partial charge on any atom is 0.417 e. The molecule has 1 heterocycles. The first-order chi connectivity index (χ1) is 7.24. The predicted molar refractivity (Wildman–Crippen MR) is 54.6 cm³/mol. The van der Waals surface area contributed by atoms with Gasteiger partial charge in [-0.3, -0.25) is 4.98 Å². The lowest BCUT2D eigenvalue weighted by Gasteiger charge is -2.21. The van der Waals surface area contributed by atoms with E-state index in [2.05, 4.69) is 4.98 Å². The molecule has 16 heavy (non-hydrogen) atoms. The minimum absolute atomic E-state index is 0.246. The zero-order valence-corrected chi connectivity index (χ0v) is 8.88. The van der Waals surface area contributed by atoms with E-state index < -0.39 is 17.3 Å². The number of nitrogens with zero attached hydrogens (tertiary/aromatic N) is 1. The van der Waals surface area contributed by atoms with Crippen molar-refractivity contribution in [1.82, 2.24) is 4.98 Å². The highest BCUT2D eigenvalue weighted by molar-refractivity contribution is 5.18. The second-order valence-electron chi connectivity index (χ2n) is 4.07. The second-order valence-corrected chi connectivity index (χ2v) is 4.07. The van der Waals surface area contributed by atoms with Crippen molar-refractivity contribution in [3.63, 3.8) is 0 Å². The van der Waals surface area contributed by atoms with Gasteiger partial charge < -0.3 is 11.5 Å². The van der Waals surface area contributed by atoms with E-state index in [1.165, 1.54) is 6.07 Å². The van der Waals surface area contributed by atoms with Gasteiger partial charge in [0.25, 0.3) is 0 Å². The molecule has 3 nitrogen and oxygen atoms in total. The molecule has 0 saturated carbocycles. The van der Waals surface area contributed by atoms with E-state index in [0.29, 0.717) is 12.1 Å². The fourth-order valence-corrected chi connectivity index (χ4v) is 1.18. The number of aromatic nitrogens is 1. The minimum Gasteiger partial charge on any atom is -0.329 e. The van der Waals surface area contributed by atoms with Crippen molar-refractivity contribution in [2.24, 2.45) is 11.5 Å². The van der Waals surface area contributed by atoms with Gasteiger partial charge in [0.2, 0.25) is 0 Å². The summed E-state index contributed by atoms with van der Waals surface area (Å²) in [6.07, 6.45) is -3.20. The maximum absolute atomic E-state index is 12.2. The van der Waals surface area contributed by atoms with Gasteiger partial charge in [-0.05, 0) is 19.1 Å². The summed E-state index contributed by atoms with van der Waals surface area (Å²) in [6, 6.07) is 2.32. The van der Waals surface area contributed by atoms with E-state index in [0.717, 1.165) is 12.3 Å². The fraction of sp³-hybridized carbons (Fsp3) is 0.500. The monoisotopic (exact) mass is 233 g/mol. The lowest BCUT2D eigenvalue weighted by Crippen LogP contribution is -2.46. The van der Waals surface area contributed by atoms with Gasteiger partial charge in [-0.2, -0.15) is 13.2 Å². The Bertz CT molecular complexity index is 343. The van der Waals surface area contributed by atoms with Crippen LogP contribution in [-0.4, -0.2) is 17.1 Å². The summed E-state index contributed by atoms with van der Waals surface area (Å²) in [7, 11) is 0. The molecule has 0 amide bonds. The van der Waals surface area contributed by atoms with Crippen molar-refractivity contribution in [2.45, 2.75) is 25.1 Å². The summed E-state index contributed by atoms with van der Waals surface area (Å²) < 4.78 is 36.7. The highest BCUT2D eigenvalue weighted by Gasteiger charge is 2.30. The van der Waals surface area contributed by atoms with Gasteiger partial charge in [0, 0.05) is 30.4 Å². The topological polar surface area (TPSA) is 64.9 Å². The van der Waals surface area contributed by atoms with Crippen LogP contribution in [0.1, 0.15) is 18.2 Å². The molecule has 1 aromatic heterocycles. The number of hydrogen-bond donors (Lipinski definition) is 2. The molecule has 0 fully saturated rings. The van der Waals surface area contributed by atoms with Crippen molar-refractivity contribution in [1.29, 1.82) is 0 Å². The van der Waals surface area contributed by atoms with Crippen LogP contribution in [0.25, 0.3) is 0 Å². The molecule has 0 aliphatic heterocycles. The van der Waals surface area contributed by atoms with E-state index in [1.54, 1.807) is 6.92 Å². The van der Waals surface area contributed by atoms with Crippen LogP contribution in [-0.2, 0) is 12.6 Å². The molecular weight excluding hydrogens is 219 g/mol. The van der Waals surface area contributed by atoms with Crippen LogP contribution in [0.4, 0.5) is 13.2 Å².